The lowest BCUT2D eigenvalue weighted by Gasteiger charge is -2.08. The summed E-state index contributed by atoms with van der Waals surface area (Å²) in [6.07, 6.45) is 0. The molecule has 0 aliphatic heterocycles. The lowest BCUT2D eigenvalue weighted by Crippen LogP contribution is -2.02. The van der Waals surface area contributed by atoms with Crippen LogP contribution in [-0.2, 0) is 0 Å². The first-order valence-electron chi connectivity index (χ1n) is 5.70. The van der Waals surface area contributed by atoms with Gasteiger partial charge in [-0.2, -0.15) is 4.98 Å². The SMILES string of the molecule is CCNc1cc(Oc2ccc(I)cc2)nc(C)n1. The molecule has 1 aromatic carbocycles. The maximum absolute atomic E-state index is 5.71. The van der Waals surface area contributed by atoms with Gasteiger partial charge < -0.3 is 10.1 Å². The van der Waals surface area contributed by atoms with Gasteiger partial charge in [0.15, 0.2) is 0 Å². The first-order chi connectivity index (χ1) is 8.67. The number of aryl methyl sites for hydroxylation is 1. The van der Waals surface area contributed by atoms with E-state index in [-0.39, 0.29) is 0 Å². The van der Waals surface area contributed by atoms with Crippen molar-refractivity contribution in [2.24, 2.45) is 0 Å². The number of nitrogens with one attached hydrogen (secondary N) is 1. The lowest BCUT2D eigenvalue weighted by atomic mass is 10.3. The third kappa shape index (κ3) is 3.56. The van der Waals surface area contributed by atoms with Crippen LogP contribution in [0, 0.1) is 10.5 Å². The van der Waals surface area contributed by atoms with Crippen LogP contribution >= 0.6 is 22.6 Å². The van der Waals surface area contributed by atoms with Gasteiger partial charge in [0.1, 0.15) is 17.4 Å². The number of halogens is 1. The van der Waals surface area contributed by atoms with Gasteiger partial charge in [0, 0.05) is 16.2 Å². The van der Waals surface area contributed by atoms with Crippen LogP contribution in [0.15, 0.2) is 30.3 Å². The highest BCUT2D eigenvalue weighted by atomic mass is 127. The molecule has 2 rings (SSSR count). The summed E-state index contributed by atoms with van der Waals surface area (Å²) in [5.74, 6) is 2.80. The third-order valence-corrected chi connectivity index (χ3v) is 2.93. The zero-order valence-corrected chi connectivity index (χ0v) is 12.4. The van der Waals surface area contributed by atoms with Gasteiger partial charge in [-0.1, -0.05) is 0 Å². The van der Waals surface area contributed by atoms with Crippen LogP contribution in [0.25, 0.3) is 0 Å². The monoisotopic (exact) mass is 355 g/mol. The second-order valence-corrected chi connectivity index (χ2v) is 4.97. The Kier molecular flexibility index (Phi) is 4.35. The Balaban J connectivity index is 2.20. The molecular weight excluding hydrogens is 341 g/mol. The fourth-order valence-corrected chi connectivity index (χ4v) is 1.85. The first kappa shape index (κ1) is 13.1. The van der Waals surface area contributed by atoms with E-state index in [0.29, 0.717) is 11.7 Å². The Bertz CT molecular complexity index is 528. The van der Waals surface area contributed by atoms with Gasteiger partial charge in [-0.25, -0.2) is 4.98 Å². The lowest BCUT2D eigenvalue weighted by molar-refractivity contribution is 0.460. The highest BCUT2D eigenvalue weighted by Gasteiger charge is 2.03. The van der Waals surface area contributed by atoms with Crippen LogP contribution in [0.5, 0.6) is 11.6 Å². The number of hydrogen-bond acceptors (Lipinski definition) is 4. The second-order valence-electron chi connectivity index (χ2n) is 3.72. The smallest absolute Gasteiger partial charge is 0.224 e. The van der Waals surface area contributed by atoms with Gasteiger partial charge in [-0.3, -0.25) is 0 Å². The van der Waals surface area contributed by atoms with Crippen molar-refractivity contribution < 1.29 is 4.74 Å². The summed E-state index contributed by atoms with van der Waals surface area (Å²) in [7, 11) is 0. The zero-order chi connectivity index (χ0) is 13.0. The van der Waals surface area contributed by atoms with Gasteiger partial charge in [0.25, 0.3) is 0 Å². The molecule has 0 aliphatic rings. The Morgan fingerprint density at radius 1 is 1.22 bits per heavy atom. The van der Waals surface area contributed by atoms with E-state index in [4.69, 9.17) is 4.74 Å². The number of benzene rings is 1. The topological polar surface area (TPSA) is 47.0 Å². The molecule has 0 unspecified atom stereocenters. The van der Waals surface area contributed by atoms with Gasteiger partial charge >= 0.3 is 0 Å². The number of hydrogen-bond donors (Lipinski definition) is 1. The van der Waals surface area contributed by atoms with E-state index in [1.807, 2.05) is 38.1 Å². The fourth-order valence-electron chi connectivity index (χ4n) is 1.49. The molecule has 0 spiro atoms. The number of nitrogens with zero attached hydrogens (tertiary/aromatic N) is 2. The molecule has 1 aromatic heterocycles. The average molecular weight is 355 g/mol. The van der Waals surface area contributed by atoms with Gasteiger partial charge in [-0.05, 0) is 60.7 Å². The fraction of sp³-hybridized carbons (Fsp3) is 0.231. The van der Waals surface area contributed by atoms with E-state index in [0.717, 1.165) is 18.1 Å². The molecule has 0 fully saturated rings. The van der Waals surface area contributed by atoms with Crippen molar-refractivity contribution in [3.8, 4) is 11.6 Å². The molecule has 1 heterocycles. The van der Waals surface area contributed by atoms with Crippen molar-refractivity contribution in [3.05, 3.63) is 39.7 Å². The average Bonchev–Trinajstić information content (AvgIpc) is 2.32. The summed E-state index contributed by atoms with van der Waals surface area (Å²) >= 11 is 2.26. The molecule has 0 aliphatic carbocycles. The maximum Gasteiger partial charge on any atom is 0.224 e. The van der Waals surface area contributed by atoms with Crippen LogP contribution in [0.2, 0.25) is 0 Å². The Hall–Kier alpha value is -1.37. The highest BCUT2D eigenvalue weighted by Crippen LogP contribution is 2.22. The predicted molar refractivity (Wildman–Crippen MR) is 80.2 cm³/mol. The minimum atomic E-state index is 0.555. The second kappa shape index (κ2) is 5.99. The Labute approximate surface area is 120 Å². The normalized spacial score (nSPS) is 10.2. The number of anilines is 1. The summed E-state index contributed by atoms with van der Waals surface area (Å²) in [5.41, 5.74) is 0. The van der Waals surface area contributed by atoms with E-state index in [9.17, 15) is 0 Å². The van der Waals surface area contributed by atoms with Crippen LogP contribution < -0.4 is 10.1 Å². The first-order valence-corrected chi connectivity index (χ1v) is 6.78. The molecule has 1 N–H and O–H groups in total. The van der Waals surface area contributed by atoms with E-state index in [1.54, 1.807) is 6.07 Å². The Morgan fingerprint density at radius 2 is 1.94 bits per heavy atom. The molecule has 94 valence electrons. The Morgan fingerprint density at radius 3 is 2.61 bits per heavy atom. The van der Waals surface area contributed by atoms with Crippen LogP contribution in [0.3, 0.4) is 0 Å². The summed E-state index contributed by atoms with van der Waals surface area (Å²) < 4.78 is 6.88. The minimum absolute atomic E-state index is 0.555. The molecule has 0 saturated carbocycles. The molecule has 0 bridgehead atoms. The molecule has 0 saturated heterocycles. The molecule has 5 heteroatoms. The van der Waals surface area contributed by atoms with Crippen molar-refractivity contribution in [1.82, 2.24) is 9.97 Å². The van der Waals surface area contributed by atoms with Crippen molar-refractivity contribution in [3.63, 3.8) is 0 Å². The largest absolute Gasteiger partial charge is 0.439 e. The quantitative estimate of drug-likeness (QED) is 0.852. The molecule has 0 atom stereocenters. The maximum atomic E-state index is 5.71. The predicted octanol–water partition coefficient (Wildman–Crippen LogP) is 3.61. The number of aromatic nitrogens is 2. The molecule has 0 amide bonds. The number of ether oxygens (including phenoxy) is 1. The molecule has 4 nitrogen and oxygen atoms in total. The standard InChI is InChI=1S/C13H14IN3O/c1-3-15-12-8-13(17-9(2)16-12)18-11-6-4-10(14)5-7-11/h4-8H,3H2,1-2H3,(H,15,16,17). The molecule has 0 radical (unpaired) electrons. The van der Waals surface area contributed by atoms with Crippen molar-refractivity contribution in [1.29, 1.82) is 0 Å². The van der Waals surface area contributed by atoms with Crippen molar-refractivity contribution in [2.75, 3.05) is 11.9 Å². The minimum Gasteiger partial charge on any atom is -0.439 e. The van der Waals surface area contributed by atoms with Crippen LogP contribution in [0.4, 0.5) is 5.82 Å². The molecule has 18 heavy (non-hydrogen) atoms. The van der Waals surface area contributed by atoms with Gasteiger partial charge in [0.05, 0.1) is 0 Å². The zero-order valence-electron chi connectivity index (χ0n) is 10.3. The highest BCUT2D eigenvalue weighted by molar-refractivity contribution is 14.1. The van der Waals surface area contributed by atoms with Gasteiger partial charge in [-0.15, -0.1) is 0 Å². The summed E-state index contributed by atoms with van der Waals surface area (Å²) in [5, 5.41) is 3.15. The van der Waals surface area contributed by atoms with E-state index >= 15 is 0 Å². The number of rotatable bonds is 4. The van der Waals surface area contributed by atoms with Crippen LogP contribution in [0.1, 0.15) is 12.7 Å². The summed E-state index contributed by atoms with van der Waals surface area (Å²) in [6.45, 7) is 4.69. The summed E-state index contributed by atoms with van der Waals surface area (Å²) in [6, 6.07) is 9.64. The van der Waals surface area contributed by atoms with E-state index in [2.05, 4.69) is 37.9 Å². The van der Waals surface area contributed by atoms with Gasteiger partial charge in [0.2, 0.25) is 5.88 Å². The van der Waals surface area contributed by atoms with Crippen molar-refractivity contribution >= 4 is 28.4 Å². The van der Waals surface area contributed by atoms with E-state index in [1.165, 1.54) is 3.57 Å². The van der Waals surface area contributed by atoms with Crippen molar-refractivity contribution in [2.45, 2.75) is 13.8 Å². The molecular formula is C13H14IN3O. The van der Waals surface area contributed by atoms with Crippen LogP contribution in [-0.4, -0.2) is 16.5 Å². The van der Waals surface area contributed by atoms with E-state index < -0.39 is 0 Å². The summed E-state index contributed by atoms with van der Waals surface area (Å²) in [4.78, 5) is 8.53. The third-order valence-electron chi connectivity index (χ3n) is 2.21. The molecule has 2 aromatic rings.